The van der Waals surface area contributed by atoms with E-state index in [1.807, 2.05) is 0 Å². The van der Waals surface area contributed by atoms with E-state index in [2.05, 4.69) is 37.2 Å². The van der Waals surface area contributed by atoms with E-state index in [4.69, 9.17) is 4.74 Å². The molecule has 2 atom stereocenters. The van der Waals surface area contributed by atoms with Gasteiger partial charge < -0.3 is 10.1 Å². The Balaban J connectivity index is 2.68. The molecule has 0 aliphatic carbocycles. The molecule has 4 nitrogen and oxygen atoms in total. The van der Waals surface area contributed by atoms with Crippen molar-refractivity contribution < 1.29 is 14.3 Å². The zero-order chi connectivity index (χ0) is 13.7. The Labute approximate surface area is 122 Å². The number of benzene rings is 1. The van der Waals surface area contributed by atoms with Gasteiger partial charge in [0.25, 0.3) is 0 Å². The monoisotopic (exact) mass is 377 g/mol. The fraction of sp³-hybridized carbons (Fsp3) is 0.333. The topological polar surface area (TPSA) is 55.4 Å². The second kappa shape index (κ2) is 6.89. The SMILES string of the molecule is CC(Br)OC(=O)c1ccc(NC(=O)C(C)Br)cc1. The number of nitrogens with one attached hydrogen (secondary N) is 1. The summed E-state index contributed by atoms with van der Waals surface area (Å²) >= 11 is 6.30. The highest BCUT2D eigenvalue weighted by atomic mass is 79.9. The number of ether oxygens (including phenoxy) is 1. The normalized spacial score (nSPS) is 13.6. The van der Waals surface area contributed by atoms with Crippen LogP contribution in [-0.2, 0) is 9.53 Å². The second-order valence-corrected chi connectivity index (χ2v) is 6.29. The standard InChI is InChI=1S/C12H13Br2NO3/c1-7(13)11(16)15-10-5-3-9(4-6-10)12(17)18-8(2)14/h3-8H,1-2H3,(H,15,16). The second-order valence-electron chi connectivity index (χ2n) is 3.63. The molecule has 1 aromatic rings. The van der Waals surface area contributed by atoms with Gasteiger partial charge in [0.1, 0.15) is 0 Å². The van der Waals surface area contributed by atoms with E-state index in [1.165, 1.54) is 0 Å². The van der Waals surface area contributed by atoms with Crippen molar-refractivity contribution in [3.63, 3.8) is 0 Å². The number of amides is 1. The van der Waals surface area contributed by atoms with Gasteiger partial charge in [0.2, 0.25) is 5.91 Å². The largest absolute Gasteiger partial charge is 0.447 e. The van der Waals surface area contributed by atoms with Crippen LogP contribution in [0.4, 0.5) is 5.69 Å². The van der Waals surface area contributed by atoms with E-state index in [0.717, 1.165) is 0 Å². The first kappa shape index (κ1) is 15.2. The van der Waals surface area contributed by atoms with E-state index in [9.17, 15) is 9.59 Å². The fourth-order valence-electron chi connectivity index (χ4n) is 1.15. The predicted octanol–water partition coefficient (Wildman–Crippen LogP) is 3.31. The van der Waals surface area contributed by atoms with Crippen LogP contribution in [0.3, 0.4) is 0 Å². The van der Waals surface area contributed by atoms with Crippen LogP contribution >= 0.6 is 31.9 Å². The maximum Gasteiger partial charge on any atom is 0.339 e. The zero-order valence-corrected chi connectivity index (χ0v) is 13.1. The first-order valence-electron chi connectivity index (χ1n) is 5.30. The van der Waals surface area contributed by atoms with Crippen LogP contribution in [-0.4, -0.2) is 21.7 Å². The van der Waals surface area contributed by atoms with Crippen LogP contribution < -0.4 is 5.32 Å². The molecule has 0 radical (unpaired) electrons. The van der Waals surface area contributed by atoms with Gasteiger partial charge in [-0.05, 0) is 54.0 Å². The Morgan fingerprint density at radius 3 is 2.17 bits per heavy atom. The predicted molar refractivity (Wildman–Crippen MR) is 77.3 cm³/mol. The maximum atomic E-state index is 11.5. The Morgan fingerprint density at radius 2 is 1.72 bits per heavy atom. The van der Waals surface area contributed by atoms with Gasteiger partial charge in [-0.3, -0.25) is 4.79 Å². The van der Waals surface area contributed by atoms with Crippen molar-refractivity contribution in [2.24, 2.45) is 0 Å². The molecular weight excluding hydrogens is 366 g/mol. The molecule has 0 bridgehead atoms. The van der Waals surface area contributed by atoms with E-state index in [1.54, 1.807) is 38.1 Å². The zero-order valence-electron chi connectivity index (χ0n) is 9.94. The van der Waals surface area contributed by atoms with Crippen LogP contribution in [0.15, 0.2) is 24.3 Å². The Kier molecular flexibility index (Phi) is 5.81. The minimum absolute atomic E-state index is 0.139. The molecule has 0 aliphatic rings. The van der Waals surface area contributed by atoms with Crippen LogP contribution in [0.1, 0.15) is 24.2 Å². The number of rotatable bonds is 4. The van der Waals surface area contributed by atoms with Crippen LogP contribution in [0.2, 0.25) is 0 Å². The average molecular weight is 379 g/mol. The number of anilines is 1. The Bertz CT molecular complexity index is 429. The summed E-state index contributed by atoms with van der Waals surface area (Å²) in [7, 11) is 0. The highest BCUT2D eigenvalue weighted by Crippen LogP contribution is 2.13. The number of halogens is 2. The van der Waals surface area contributed by atoms with Crippen LogP contribution in [0.25, 0.3) is 0 Å². The molecule has 6 heteroatoms. The third-order valence-electron chi connectivity index (χ3n) is 2.02. The van der Waals surface area contributed by atoms with Crippen molar-refractivity contribution in [2.45, 2.75) is 23.7 Å². The summed E-state index contributed by atoms with van der Waals surface area (Å²) in [6.07, 6.45) is 0. The first-order chi connectivity index (χ1) is 8.40. The smallest absolute Gasteiger partial charge is 0.339 e. The number of hydrogen-bond donors (Lipinski definition) is 1. The average Bonchev–Trinajstić information content (AvgIpc) is 2.28. The molecule has 98 valence electrons. The van der Waals surface area contributed by atoms with Crippen molar-refractivity contribution in [3.8, 4) is 0 Å². The van der Waals surface area contributed by atoms with Crippen molar-refractivity contribution in [1.82, 2.24) is 0 Å². The minimum atomic E-state index is -0.411. The molecule has 0 spiro atoms. The Hall–Kier alpha value is -0.880. The third kappa shape index (κ3) is 4.78. The molecule has 1 amide bonds. The maximum absolute atomic E-state index is 11.5. The number of esters is 1. The summed E-state index contributed by atoms with van der Waals surface area (Å²) in [6.45, 7) is 3.45. The number of carbonyl (C=O) groups is 2. The Morgan fingerprint density at radius 1 is 1.17 bits per heavy atom. The van der Waals surface area contributed by atoms with E-state index in [0.29, 0.717) is 11.3 Å². The van der Waals surface area contributed by atoms with Gasteiger partial charge >= 0.3 is 5.97 Å². The highest BCUT2D eigenvalue weighted by molar-refractivity contribution is 9.10. The summed E-state index contributed by atoms with van der Waals surface area (Å²) in [5.41, 5.74) is 1.07. The van der Waals surface area contributed by atoms with Crippen molar-refractivity contribution in [2.75, 3.05) is 5.32 Å². The molecule has 0 fully saturated rings. The molecule has 1 rings (SSSR count). The van der Waals surface area contributed by atoms with Gasteiger partial charge in [-0.25, -0.2) is 4.79 Å². The molecule has 1 aromatic carbocycles. The van der Waals surface area contributed by atoms with Crippen molar-refractivity contribution in [3.05, 3.63) is 29.8 Å². The third-order valence-corrected chi connectivity index (χ3v) is 2.62. The lowest BCUT2D eigenvalue weighted by Crippen LogP contribution is -2.19. The van der Waals surface area contributed by atoms with Gasteiger partial charge in [0, 0.05) is 5.69 Å². The lowest BCUT2D eigenvalue weighted by molar-refractivity contribution is -0.115. The molecule has 0 heterocycles. The minimum Gasteiger partial charge on any atom is -0.447 e. The molecule has 1 N–H and O–H groups in total. The van der Waals surface area contributed by atoms with E-state index >= 15 is 0 Å². The molecule has 0 aromatic heterocycles. The van der Waals surface area contributed by atoms with Gasteiger partial charge in [-0.1, -0.05) is 15.9 Å². The molecular formula is C12H13Br2NO3. The number of carbonyl (C=O) groups excluding carboxylic acids is 2. The molecule has 2 unspecified atom stereocenters. The highest BCUT2D eigenvalue weighted by Gasteiger charge is 2.11. The van der Waals surface area contributed by atoms with Crippen molar-refractivity contribution >= 4 is 49.4 Å². The van der Waals surface area contributed by atoms with Crippen LogP contribution in [0, 0.1) is 0 Å². The summed E-state index contributed by atoms with van der Waals surface area (Å²) in [5.74, 6) is -0.550. The summed E-state index contributed by atoms with van der Waals surface area (Å²) in [4.78, 5) is 22.7. The van der Waals surface area contributed by atoms with Gasteiger partial charge in [0.15, 0.2) is 5.01 Å². The molecule has 18 heavy (non-hydrogen) atoms. The molecule has 0 aliphatic heterocycles. The van der Waals surface area contributed by atoms with Gasteiger partial charge in [0.05, 0.1) is 10.4 Å². The quantitative estimate of drug-likeness (QED) is 0.645. The lowest BCUT2D eigenvalue weighted by Gasteiger charge is -2.08. The summed E-state index contributed by atoms with van der Waals surface area (Å²) in [5, 5.41) is 2.37. The van der Waals surface area contributed by atoms with E-state index in [-0.39, 0.29) is 15.7 Å². The lowest BCUT2D eigenvalue weighted by atomic mass is 10.2. The van der Waals surface area contributed by atoms with Gasteiger partial charge in [-0.15, -0.1) is 0 Å². The molecule has 0 saturated carbocycles. The number of hydrogen-bond acceptors (Lipinski definition) is 3. The number of alkyl halides is 2. The fourth-order valence-corrected chi connectivity index (χ4v) is 1.43. The van der Waals surface area contributed by atoms with Crippen molar-refractivity contribution in [1.29, 1.82) is 0 Å². The molecule has 0 saturated heterocycles. The van der Waals surface area contributed by atoms with Gasteiger partial charge in [-0.2, -0.15) is 0 Å². The van der Waals surface area contributed by atoms with Crippen LogP contribution in [0.5, 0.6) is 0 Å². The van der Waals surface area contributed by atoms with E-state index < -0.39 is 5.97 Å². The first-order valence-corrected chi connectivity index (χ1v) is 7.13. The summed E-state index contributed by atoms with van der Waals surface area (Å²) < 4.78 is 4.98. The summed E-state index contributed by atoms with van der Waals surface area (Å²) in [6, 6.07) is 6.52.